The fourth-order valence-electron chi connectivity index (χ4n) is 2.85. The Labute approximate surface area is 149 Å². The number of amides is 1. The van der Waals surface area contributed by atoms with E-state index in [1.807, 2.05) is 59.5 Å². The van der Waals surface area contributed by atoms with Gasteiger partial charge in [0, 0.05) is 18.7 Å². The molecule has 1 heterocycles. The first kappa shape index (κ1) is 18.3. The van der Waals surface area contributed by atoms with Crippen molar-refractivity contribution in [1.82, 2.24) is 4.90 Å². The highest BCUT2D eigenvalue weighted by Gasteiger charge is 2.26. The van der Waals surface area contributed by atoms with Crippen LogP contribution in [0.25, 0.3) is 0 Å². The molecule has 2 aromatic rings. The lowest BCUT2D eigenvalue weighted by atomic mass is 10.1. The summed E-state index contributed by atoms with van der Waals surface area (Å²) in [6.07, 6.45) is 0.992. The van der Waals surface area contributed by atoms with Gasteiger partial charge in [-0.15, -0.1) is 12.4 Å². The molecule has 1 aliphatic heterocycles. The number of ether oxygens (including phenoxy) is 1. The quantitative estimate of drug-likeness (QED) is 0.905. The standard InChI is InChI=1S/C19H22N2O2.ClH/c20-12-16-9-10-21(13-16)19(22)17-7-4-8-18(11-17)23-14-15-5-2-1-3-6-15;/h1-8,11,16H,9-10,12-14,20H2;1H. The molecular weight excluding hydrogens is 324 g/mol. The third-order valence-corrected chi connectivity index (χ3v) is 4.24. The van der Waals surface area contributed by atoms with Crippen LogP contribution >= 0.6 is 12.4 Å². The van der Waals surface area contributed by atoms with Gasteiger partial charge in [0.15, 0.2) is 0 Å². The van der Waals surface area contributed by atoms with Crippen molar-refractivity contribution < 1.29 is 9.53 Å². The Morgan fingerprint density at radius 1 is 1.17 bits per heavy atom. The van der Waals surface area contributed by atoms with Crippen LogP contribution in [0.15, 0.2) is 54.6 Å². The molecule has 0 aliphatic carbocycles. The van der Waals surface area contributed by atoms with E-state index in [9.17, 15) is 4.79 Å². The molecule has 3 rings (SSSR count). The summed E-state index contributed by atoms with van der Waals surface area (Å²) >= 11 is 0. The second-order valence-corrected chi connectivity index (χ2v) is 5.94. The Kier molecular flexibility index (Phi) is 6.64. The van der Waals surface area contributed by atoms with Gasteiger partial charge in [0.2, 0.25) is 0 Å². The van der Waals surface area contributed by atoms with Crippen LogP contribution in [0.2, 0.25) is 0 Å². The Morgan fingerprint density at radius 3 is 2.67 bits per heavy atom. The number of nitrogens with zero attached hydrogens (tertiary/aromatic N) is 1. The van der Waals surface area contributed by atoms with Crippen LogP contribution in [-0.4, -0.2) is 30.4 Å². The molecule has 0 aromatic heterocycles. The van der Waals surface area contributed by atoms with Gasteiger partial charge in [0.1, 0.15) is 12.4 Å². The van der Waals surface area contributed by atoms with Crippen LogP contribution in [0.3, 0.4) is 0 Å². The summed E-state index contributed by atoms with van der Waals surface area (Å²) in [6.45, 7) is 2.68. The normalized spacial score (nSPS) is 16.5. The van der Waals surface area contributed by atoms with Crippen LogP contribution in [0.4, 0.5) is 0 Å². The molecule has 0 saturated carbocycles. The van der Waals surface area contributed by atoms with Gasteiger partial charge in [-0.25, -0.2) is 0 Å². The maximum Gasteiger partial charge on any atom is 0.253 e. The number of rotatable bonds is 5. The highest BCUT2D eigenvalue weighted by molar-refractivity contribution is 5.94. The molecule has 1 amide bonds. The first-order valence-corrected chi connectivity index (χ1v) is 8.02. The monoisotopic (exact) mass is 346 g/mol. The summed E-state index contributed by atoms with van der Waals surface area (Å²) < 4.78 is 5.80. The molecule has 128 valence electrons. The van der Waals surface area contributed by atoms with Gasteiger partial charge in [0.05, 0.1) is 0 Å². The number of hydrogen-bond acceptors (Lipinski definition) is 3. The molecule has 1 saturated heterocycles. The number of carbonyl (C=O) groups is 1. The molecule has 1 unspecified atom stereocenters. The van der Waals surface area contributed by atoms with Crippen LogP contribution in [-0.2, 0) is 6.61 Å². The number of likely N-dealkylation sites (tertiary alicyclic amines) is 1. The number of nitrogens with two attached hydrogens (primary N) is 1. The highest BCUT2D eigenvalue weighted by Crippen LogP contribution is 2.21. The van der Waals surface area contributed by atoms with E-state index in [1.54, 1.807) is 0 Å². The van der Waals surface area contributed by atoms with Gasteiger partial charge in [-0.1, -0.05) is 36.4 Å². The third-order valence-electron chi connectivity index (χ3n) is 4.24. The number of hydrogen-bond donors (Lipinski definition) is 1. The van der Waals surface area contributed by atoms with E-state index in [0.29, 0.717) is 30.4 Å². The van der Waals surface area contributed by atoms with Gasteiger partial charge in [0.25, 0.3) is 5.91 Å². The summed E-state index contributed by atoms with van der Waals surface area (Å²) in [5.74, 6) is 1.21. The number of halogens is 1. The van der Waals surface area contributed by atoms with Crippen molar-refractivity contribution in [2.75, 3.05) is 19.6 Å². The van der Waals surface area contributed by atoms with Gasteiger partial charge in [-0.3, -0.25) is 4.79 Å². The second-order valence-electron chi connectivity index (χ2n) is 5.94. The number of carbonyl (C=O) groups excluding carboxylic acids is 1. The largest absolute Gasteiger partial charge is 0.489 e. The Morgan fingerprint density at radius 2 is 1.96 bits per heavy atom. The smallest absolute Gasteiger partial charge is 0.253 e. The van der Waals surface area contributed by atoms with Crippen molar-refractivity contribution in [1.29, 1.82) is 0 Å². The minimum atomic E-state index is 0. The molecule has 1 atom stereocenters. The second kappa shape index (κ2) is 8.71. The molecule has 2 aromatic carbocycles. The zero-order valence-electron chi connectivity index (χ0n) is 13.6. The van der Waals surface area contributed by atoms with Gasteiger partial charge < -0.3 is 15.4 Å². The zero-order valence-corrected chi connectivity index (χ0v) is 14.4. The molecule has 1 aliphatic rings. The zero-order chi connectivity index (χ0) is 16.1. The number of benzene rings is 2. The van der Waals surface area contributed by atoms with Gasteiger partial charge >= 0.3 is 0 Å². The van der Waals surface area contributed by atoms with E-state index in [-0.39, 0.29) is 18.3 Å². The predicted molar refractivity (Wildman–Crippen MR) is 97.5 cm³/mol. The fraction of sp³-hybridized carbons (Fsp3) is 0.316. The highest BCUT2D eigenvalue weighted by atomic mass is 35.5. The summed E-state index contributed by atoms with van der Waals surface area (Å²) in [4.78, 5) is 14.4. The van der Waals surface area contributed by atoms with Crippen molar-refractivity contribution in [3.63, 3.8) is 0 Å². The fourth-order valence-corrected chi connectivity index (χ4v) is 2.85. The Hall–Kier alpha value is -2.04. The molecule has 2 N–H and O–H groups in total. The average molecular weight is 347 g/mol. The van der Waals surface area contributed by atoms with Crippen LogP contribution in [0.1, 0.15) is 22.3 Å². The van der Waals surface area contributed by atoms with Gasteiger partial charge in [-0.2, -0.15) is 0 Å². The molecular formula is C19H23ClN2O2. The maximum atomic E-state index is 12.6. The molecule has 0 bridgehead atoms. The minimum Gasteiger partial charge on any atom is -0.489 e. The van der Waals surface area contributed by atoms with Crippen LogP contribution in [0.5, 0.6) is 5.75 Å². The summed E-state index contributed by atoms with van der Waals surface area (Å²) in [7, 11) is 0. The lowest BCUT2D eigenvalue weighted by Crippen LogP contribution is -2.29. The van der Waals surface area contributed by atoms with E-state index < -0.39 is 0 Å². The average Bonchev–Trinajstić information content (AvgIpc) is 3.10. The molecule has 0 radical (unpaired) electrons. The first-order chi connectivity index (χ1) is 11.3. The van der Waals surface area contributed by atoms with Crippen LogP contribution < -0.4 is 10.5 Å². The minimum absolute atomic E-state index is 0. The molecule has 5 heteroatoms. The molecule has 4 nitrogen and oxygen atoms in total. The van der Waals surface area contributed by atoms with E-state index in [0.717, 1.165) is 25.1 Å². The first-order valence-electron chi connectivity index (χ1n) is 8.02. The van der Waals surface area contributed by atoms with E-state index in [1.165, 1.54) is 0 Å². The predicted octanol–water partition coefficient (Wildman–Crippen LogP) is 3.11. The van der Waals surface area contributed by atoms with Crippen molar-refractivity contribution >= 4 is 18.3 Å². The van der Waals surface area contributed by atoms with Crippen LogP contribution in [0, 0.1) is 5.92 Å². The Balaban J connectivity index is 0.00000208. The topological polar surface area (TPSA) is 55.6 Å². The van der Waals surface area contributed by atoms with Crippen molar-refractivity contribution in [2.24, 2.45) is 11.7 Å². The van der Waals surface area contributed by atoms with E-state index in [2.05, 4.69) is 0 Å². The summed E-state index contributed by atoms with van der Waals surface area (Å²) in [6, 6.07) is 17.4. The summed E-state index contributed by atoms with van der Waals surface area (Å²) in [5.41, 5.74) is 7.48. The van der Waals surface area contributed by atoms with E-state index >= 15 is 0 Å². The maximum absolute atomic E-state index is 12.6. The lowest BCUT2D eigenvalue weighted by Gasteiger charge is -2.17. The van der Waals surface area contributed by atoms with Crippen molar-refractivity contribution in [3.05, 3.63) is 65.7 Å². The van der Waals surface area contributed by atoms with Crippen molar-refractivity contribution in [2.45, 2.75) is 13.0 Å². The molecule has 24 heavy (non-hydrogen) atoms. The Bertz CT molecular complexity index is 663. The van der Waals surface area contributed by atoms with E-state index in [4.69, 9.17) is 10.5 Å². The van der Waals surface area contributed by atoms with Gasteiger partial charge in [-0.05, 0) is 42.6 Å². The molecule has 1 fully saturated rings. The third kappa shape index (κ3) is 4.49. The van der Waals surface area contributed by atoms with Crippen molar-refractivity contribution in [3.8, 4) is 5.75 Å². The summed E-state index contributed by atoms with van der Waals surface area (Å²) in [5, 5.41) is 0. The lowest BCUT2D eigenvalue weighted by molar-refractivity contribution is 0.0787. The SMILES string of the molecule is Cl.NCC1CCN(C(=O)c2cccc(OCc3ccccc3)c2)C1. The molecule has 0 spiro atoms.